The number of aliphatic carboxylic acids is 1. The SMILES string of the molecule is N.O=C(O)C1=NC=C1. The van der Waals surface area contributed by atoms with Crippen molar-refractivity contribution in [2.24, 2.45) is 4.99 Å². The maximum atomic E-state index is 9.80. The molecule has 1 rings (SSSR count). The Morgan fingerprint density at radius 3 is 2.25 bits per heavy atom. The van der Waals surface area contributed by atoms with Crippen molar-refractivity contribution in [3.63, 3.8) is 0 Å². The van der Waals surface area contributed by atoms with Gasteiger partial charge in [0.1, 0.15) is 5.71 Å². The van der Waals surface area contributed by atoms with Gasteiger partial charge in [-0.15, -0.1) is 0 Å². The first-order chi connectivity index (χ1) is 3.30. The molecule has 4 heteroatoms. The van der Waals surface area contributed by atoms with Crippen molar-refractivity contribution in [2.45, 2.75) is 0 Å². The zero-order chi connectivity index (χ0) is 5.28. The highest BCUT2D eigenvalue weighted by atomic mass is 16.4. The summed E-state index contributed by atoms with van der Waals surface area (Å²) >= 11 is 0. The summed E-state index contributed by atoms with van der Waals surface area (Å²) in [5.74, 6) is -0.956. The Kier molecular flexibility index (Phi) is 1.90. The minimum Gasteiger partial charge on any atom is -0.477 e. The van der Waals surface area contributed by atoms with Gasteiger partial charge in [0.15, 0.2) is 0 Å². The van der Waals surface area contributed by atoms with Crippen LogP contribution in [0, 0.1) is 0 Å². The summed E-state index contributed by atoms with van der Waals surface area (Å²) in [5, 5.41) is 8.05. The highest BCUT2D eigenvalue weighted by Crippen LogP contribution is 1.93. The molecule has 0 unspecified atom stereocenters. The number of carboxylic acid groups (broad SMARTS) is 1. The summed E-state index contributed by atoms with van der Waals surface area (Å²) in [6.45, 7) is 0. The van der Waals surface area contributed by atoms with Crippen molar-refractivity contribution in [2.75, 3.05) is 0 Å². The fraction of sp³-hybridized carbons (Fsp3) is 0. The van der Waals surface area contributed by atoms with Gasteiger partial charge in [-0.3, -0.25) is 0 Å². The van der Waals surface area contributed by atoms with Gasteiger partial charge in [-0.05, 0) is 6.08 Å². The van der Waals surface area contributed by atoms with Crippen molar-refractivity contribution in [3.05, 3.63) is 12.3 Å². The van der Waals surface area contributed by atoms with Crippen LogP contribution in [0.15, 0.2) is 17.3 Å². The summed E-state index contributed by atoms with van der Waals surface area (Å²) in [5.41, 5.74) is 0.139. The van der Waals surface area contributed by atoms with Crippen molar-refractivity contribution in [3.8, 4) is 0 Å². The van der Waals surface area contributed by atoms with Crippen LogP contribution in [-0.4, -0.2) is 16.8 Å². The first-order valence-electron chi connectivity index (χ1n) is 1.78. The number of rotatable bonds is 1. The zero-order valence-electron chi connectivity index (χ0n) is 4.16. The molecule has 0 saturated heterocycles. The Morgan fingerprint density at radius 2 is 2.25 bits per heavy atom. The minimum atomic E-state index is -0.956. The Bertz CT molecular complexity index is 159. The third kappa shape index (κ3) is 0.913. The minimum absolute atomic E-state index is 0. The number of carbonyl (C=O) groups is 1. The number of nitrogens with zero attached hydrogens (tertiary/aromatic N) is 1. The molecule has 1 aliphatic rings. The van der Waals surface area contributed by atoms with E-state index in [0.29, 0.717) is 0 Å². The van der Waals surface area contributed by atoms with Gasteiger partial charge in [0, 0.05) is 6.20 Å². The number of aliphatic imine (C=N–C) groups is 1. The molecule has 1 aliphatic heterocycles. The van der Waals surface area contributed by atoms with E-state index in [0.717, 1.165) is 0 Å². The normalized spacial score (nSPS) is 13.2. The third-order valence-electron chi connectivity index (χ3n) is 0.665. The molecule has 8 heavy (non-hydrogen) atoms. The van der Waals surface area contributed by atoms with Crippen LogP contribution in [0.2, 0.25) is 0 Å². The maximum Gasteiger partial charge on any atom is 0.354 e. The van der Waals surface area contributed by atoms with E-state index in [9.17, 15) is 4.79 Å². The van der Waals surface area contributed by atoms with Crippen LogP contribution < -0.4 is 6.15 Å². The molecule has 0 atom stereocenters. The quantitative estimate of drug-likeness (QED) is 0.510. The third-order valence-corrected chi connectivity index (χ3v) is 0.665. The fourth-order valence-electron chi connectivity index (χ4n) is 0.276. The summed E-state index contributed by atoms with van der Waals surface area (Å²) in [7, 11) is 0. The molecule has 1 heterocycles. The zero-order valence-corrected chi connectivity index (χ0v) is 4.16. The van der Waals surface area contributed by atoms with Crippen LogP contribution in [0.25, 0.3) is 0 Å². The molecule has 0 aromatic carbocycles. The largest absolute Gasteiger partial charge is 0.477 e. The van der Waals surface area contributed by atoms with E-state index in [1.807, 2.05) is 0 Å². The summed E-state index contributed by atoms with van der Waals surface area (Å²) in [6.07, 6.45) is 2.89. The summed E-state index contributed by atoms with van der Waals surface area (Å²) in [4.78, 5) is 13.2. The monoisotopic (exact) mass is 114 g/mol. The molecular formula is C4H6N2O2. The highest BCUT2D eigenvalue weighted by molar-refractivity contribution is 6.42. The molecule has 0 fully saturated rings. The second-order valence-electron chi connectivity index (χ2n) is 1.14. The van der Waals surface area contributed by atoms with E-state index in [1.165, 1.54) is 12.3 Å². The Hall–Kier alpha value is -1.16. The van der Waals surface area contributed by atoms with Crippen LogP contribution in [0.3, 0.4) is 0 Å². The van der Waals surface area contributed by atoms with Gasteiger partial charge in [0.05, 0.1) is 0 Å². The average Bonchev–Trinajstić information content (AvgIpc) is 1.23. The molecule has 0 spiro atoms. The van der Waals surface area contributed by atoms with E-state index in [2.05, 4.69) is 4.99 Å². The smallest absolute Gasteiger partial charge is 0.354 e. The molecule has 0 aliphatic carbocycles. The lowest BCUT2D eigenvalue weighted by molar-refractivity contribution is -0.129. The van der Waals surface area contributed by atoms with Crippen molar-refractivity contribution in [1.82, 2.24) is 6.15 Å². The Morgan fingerprint density at radius 1 is 1.75 bits per heavy atom. The van der Waals surface area contributed by atoms with Gasteiger partial charge in [-0.2, -0.15) is 0 Å². The number of hydrogen-bond donors (Lipinski definition) is 2. The van der Waals surface area contributed by atoms with Gasteiger partial charge in [-0.25, -0.2) is 9.79 Å². The molecule has 0 bridgehead atoms. The molecule has 44 valence electrons. The van der Waals surface area contributed by atoms with Gasteiger partial charge < -0.3 is 11.3 Å². The second kappa shape index (κ2) is 2.23. The fourth-order valence-corrected chi connectivity index (χ4v) is 0.276. The van der Waals surface area contributed by atoms with Crippen LogP contribution in [0.5, 0.6) is 0 Å². The van der Waals surface area contributed by atoms with E-state index >= 15 is 0 Å². The predicted octanol–water partition coefficient (Wildman–Crippen LogP) is 0.201. The van der Waals surface area contributed by atoms with Crippen LogP contribution in [-0.2, 0) is 4.79 Å². The lowest BCUT2D eigenvalue weighted by atomic mass is 10.3. The first-order valence-corrected chi connectivity index (χ1v) is 1.78. The van der Waals surface area contributed by atoms with Gasteiger partial charge in [-0.1, -0.05) is 0 Å². The molecule has 0 radical (unpaired) electrons. The van der Waals surface area contributed by atoms with E-state index in [4.69, 9.17) is 5.11 Å². The van der Waals surface area contributed by atoms with Crippen LogP contribution >= 0.6 is 0 Å². The molecule has 0 aromatic rings. The first kappa shape index (κ1) is 6.84. The lowest BCUT2D eigenvalue weighted by Gasteiger charge is -1.95. The molecule has 0 amide bonds. The maximum absolute atomic E-state index is 9.80. The topological polar surface area (TPSA) is 84.7 Å². The van der Waals surface area contributed by atoms with Gasteiger partial charge in [0.25, 0.3) is 0 Å². The Balaban J connectivity index is 0.000000490. The number of carboxylic acids is 1. The second-order valence-corrected chi connectivity index (χ2v) is 1.14. The van der Waals surface area contributed by atoms with Crippen molar-refractivity contribution < 1.29 is 9.90 Å². The molecule has 0 aromatic heterocycles. The van der Waals surface area contributed by atoms with E-state index in [1.54, 1.807) is 0 Å². The molecule has 0 saturated carbocycles. The van der Waals surface area contributed by atoms with Crippen molar-refractivity contribution >= 4 is 11.7 Å². The van der Waals surface area contributed by atoms with Gasteiger partial charge >= 0.3 is 5.97 Å². The van der Waals surface area contributed by atoms with E-state index < -0.39 is 5.97 Å². The standard InChI is InChI=1S/C4H3NO2.H3N/c6-4(7)3-1-2-5-3;/h1-2H,(H,6,7);1H3. The summed E-state index contributed by atoms with van der Waals surface area (Å²) in [6, 6.07) is 0. The summed E-state index contributed by atoms with van der Waals surface area (Å²) < 4.78 is 0. The van der Waals surface area contributed by atoms with Crippen LogP contribution in [0.1, 0.15) is 0 Å². The molecule has 4 N–H and O–H groups in total. The highest BCUT2D eigenvalue weighted by Gasteiger charge is 2.07. The van der Waals surface area contributed by atoms with E-state index in [-0.39, 0.29) is 11.9 Å². The molecular weight excluding hydrogens is 108 g/mol. The lowest BCUT2D eigenvalue weighted by Crippen LogP contribution is -2.12. The average molecular weight is 114 g/mol. The Labute approximate surface area is 46.1 Å². The predicted molar refractivity (Wildman–Crippen MR) is 29.2 cm³/mol. The van der Waals surface area contributed by atoms with Crippen molar-refractivity contribution in [1.29, 1.82) is 0 Å². The van der Waals surface area contributed by atoms with Crippen LogP contribution in [0.4, 0.5) is 0 Å². The molecule has 4 nitrogen and oxygen atoms in total. The van der Waals surface area contributed by atoms with Gasteiger partial charge in [0.2, 0.25) is 0 Å². The number of hydrogen-bond acceptors (Lipinski definition) is 3.